The van der Waals surface area contributed by atoms with E-state index < -0.39 is 97.7 Å². The van der Waals surface area contributed by atoms with E-state index in [1.165, 1.54) is 61.6 Å². The fraction of sp³-hybridized carbons (Fsp3) is 0.443. The standard InChI is InChI=1S/C70H87BN10O20/c1-40(2)61(76-58(82)15-9-7-10-27-77-59(83)24-25-60(77)84)63(86)75-49(14-13-26-73-68(72)91)62(85)74-46-22-18-44(19-23-46)39-101-70(93)81-51-35-57(55(97-6)33-48(51)65(88)79-37-42(4)31-53(79)67(81)90)99-29-12-8-11-28-98-56-34-50-47(32-54(56)96-5)64(87)78-36-41(3)30-52(78)66(89)80(50)69(92)100-38-43-16-20-45(21-17-43)71(94)95/h16-25,32-35,40,49,52-53,61,64,66-67,87,89-90,94-95H,3-4,7-15,26-31,36-39H2,1-2,5-6H3,(H,74,85)(H,75,86)(H,76,82)(H3,72,73,91)/t49-,52-,53-,61-,64?,66?,67?/m0/s1. The molecule has 2 saturated heterocycles. The monoisotopic (exact) mass is 1400 g/mol. The number of urea groups is 1. The van der Waals surface area contributed by atoms with Crippen LogP contribution in [0.25, 0.3) is 0 Å². The number of benzene rings is 4. The average Bonchev–Trinajstić information content (AvgIpc) is 1.62. The van der Waals surface area contributed by atoms with E-state index in [1.807, 2.05) is 0 Å². The number of anilines is 3. The van der Waals surface area contributed by atoms with Crippen LogP contribution in [0, 0.1) is 5.92 Å². The number of aliphatic hydroxyl groups is 3. The molecule has 7 atom stereocenters. The van der Waals surface area contributed by atoms with Gasteiger partial charge in [-0.15, -0.1) is 0 Å². The number of carbonyl (C=O) groups excluding carboxylic acids is 9. The molecule has 101 heavy (non-hydrogen) atoms. The summed E-state index contributed by atoms with van der Waals surface area (Å²) >= 11 is 0. The number of nitrogens with one attached hydrogen (secondary N) is 4. The minimum atomic E-state index is -1.68. The van der Waals surface area contributed by atoms with Gasteiger partial charge in [0.15, 0.2) is 35.5 Å². The van der Waals surface area contributed by atoms with Gasteiger partial charge in [-0.05, 0) is 105 Å². The van der Waals surface area contributed by atoms with Crippen molar-refractivity contribution in [2.24, 2.45) is 11.7 Å². The Bertz CT molecular complexity index is 3760. The number of hydrogen-bond acceptors (Lipinski definition) is 21. The van der Waals surface area contributed by atoms with Gasteiger partial charge in [-0.25, -0.2) is 24.2 Å². The number of rotatable bonds is 31. The molecule has 2 fully saturated rings. The Kier molecular flexibility index (Phi) is 25.6. The summed E-state index contributed by atoms with van der Waals surface area (Å²) < 4.78 is 35.5. The Morgan fingerprint density at radius 3 is 1.83 bits per heavy atom. The molecule has 0 radical (unpaired) electrons. The normalized spacial score (nSPS) is 19.1. The molecule has 0 aliphatic carbocycles. The number of nitrogens with zero attached hydrogens (tertiary/aromatic N) is 5. The van der Waals surface area contributed by atoms with Gasteiger partial charge in [0.2, 0.25) is 17.7 Å². The number of amides is 10. The van der Waals surface area contributed by atoms with E-state index in [2.05, 4.69) is 34.4 Å². The molecule has 10 amide bonds. The number of aliphatic hydroxyl groups excluding tert-OH is 3. The molecule has 0 aromatic heterocycles. The summed E-state index contributed by atoms with van der Waals surface area (Å²) in [5.41, 5.74) is 8.57. The fourth-order valence-corrected chi connectivity index (χ4v) is 12.6. The third-order valence-corrected chi connectivity index (χ3v) is 18.0. The number of nitrogens with two attached hydrogens (primary N) is 1. The third kappa shape index (κ3) is 18.5. The maximum absolute atomic E-state index is 14.4. The number of unbranched alkanes of at least 4 members (excludes halogenated alkanes) is 4. The summed E-state index contributed by atoms with van der Waals surface area (Å²) in [5.74, 6) is -2.53. The van der Waals surface area contributed by atoms with Crippen LogP contribution in [0.2, 0.25) is 0 Å². The first-order valence-corrected chi connectivity index (χ1v) is 33.4. The van der Waals surface area contributed by atoms with Crippen LogP contribution in [-0.2, 0) is 46.7 Å². The van der Waals surface area contributed by atoms with Crippen LogP contribution >= 0.6 is 0 Å². The molecule has 0 bridgehead atoms. The Morgan fingerprint density at radius 1 is 0.663 bits per heavy atom. The topological polar surface area (TPSA) is 401 Å². The van der Waals surface area contributed by atoms with Crippen molar-refractivity contribution in [3.05, 3.63) is 132 Å². The molecule has 31 heteroatoms. The lowest BCUT2D eigenvalue weighted by Gasteiger charge is -2.32. The highest BCUT2D eigenvalue weighted by Gasteiger charge is 2.48. The van der Waals surface area contributed by atoms with Gasteiger partial charge in [0, 0.05) is 68.1 Å². The molecule has 5 aliphatic rings. The predicted molar refractivity (Wildman–Crippen MR) is 367 cm³/mol. The molecule has 9 rings (SSSR count). The van der Waals surface area contributed by atoms with Crippen LogP contribution in [0.4, 0.5) is 31.4 Å². The summed E-state index contributed by atoms with van der Waals surface area (Å²) in [6, 6.07) is 13.7. The Balaban J connectivity index is 0.813. The lowest BCUT2D eigenvalue weighted by atomic mass is 9.80. The van der Waals surface area contributed by atoms with Crippen molar-refractivity contribution in [3.63, 3.8) is 0 Å². The largest absolute Gasteiger partial charge is 0.493 e. The van der Waals surface area contributed by atoms with Gasteiger partial charge in [0.1, 0.15) is 31.5 Å². The number of carbonyl (C=O) groups is 9. The zero-order valence-corrected chi connectivity index (χ0v) is 56.8. The Hall–Kier alpha value is -10.0. The number of primary amides is 1. The van der Waals surface area contributed by atoms with Crippen molar-refractivity contribution in [1.29, 1.82) is 0 Å². The van der Waals surface area contributed by atoms with Gasteiger partial charge in [-0.2, -0.15) is 0 Å². The summed E-state index contributed by atoms with van der Waals surface area (Å²) in [5, 5.41) is 65.5. The number of ether oxygens (including phenoxy) is 6. The molecule has 5 heterocycles. The zero-order valence-electron chi connectivity index (χ0n) is 56.8. The van der Waals surface area contributed by atoms with Crippen molar-refractivity contribution in [2.45, 2.75) is 141 Å². The van der Waals surface area contributed by atoms with Gasteiger partial charge in [0.05, 0.1) is 56.5 Å². The second-order valence-electron chi connectivity index (χ2n) is 25.6. The number of fused-ring (bicyclic) bond motifs is 4. The molecule has 4 aromatic carbocycles. The maximum atomic E-state index is 14.4. The SMILES string of the molecule is C=C1C[C@H]2C(O)N(C(=O)OCc3ccc(NC(=O)[C@H](CCCNC(N)=O)NC(=O)[C@@H](NC(=O)CCCCCN4C(=O)C=CC4=O)C(C)C)cc3)c3cc(OCCCCCOc4cc5c(cc4OC)C(O)N4CC(=C)C[C@H]4C(O)N5C(=O)OCc4ccc(B(O)O)cc4)c(OC)cc3C(=O)N2C1. The van der Waals surface area contributed by atoms with Gasteiger partial charge in [-0.1, -0.05) is 81.0 Å². The lowest BCUT2D eigenvalue weighted by molar-refractivity contribution is -0.137. The quantitative estimate of drug-likeness (QED) is 0.0148. The van der Waals surface area contributed by atoms with Crippen LogP contribution in [0.5, 0.6) is 23.0 Å². The Morgan fingerprint density at radius 2 is 1.23 bits per heavy atom. The van der Waals surface area contributed by atoms with E-state index in [4.69, 9.17) is 34.2 Å². The molecular formula is C70H87BN10O20. The molecule has 3 unspecified atom stereocenters. The minimum Gasteiger partial charge on any atom is -0.493 e. The smallest absolute Gasteiger partial charge is 0.488 e. The van der Waals surface area contributed by atoms with Crippen LogP contribution in [0.15, 0.2) is 109 Å². The van der Waals surface area contributed by atoms with E-state index in [9.17, 15) is 68.5 Å². The molecular weight excluding hydrogens is 1310 g/mol. The molecule has 4 aromatic rings. The zero-order chi connectivity index (χ0) is 72.8. The first-order chi connectivity index (χ1) is 48.3. The van der Waals surface area contributed by atoms with Crippen LogP contribution < -0.4 is 61.2 Å². The van der Waals surface area contributed by atoms with Crippen molar-refractivity contribution >= 4 is 83.3 Å². The van der Waals surface area contributed by atoms with Crippen molar-refractivity contribution in [3.8, 4) is 23.0 Å². The van der Waals surface area contributed by atoms with Crippen molar-refractivity contribution < 1.29 is 96.9 Å². The van der Waals surface area contributed by atoms with Crippen molar-refractivity contribution in [1.82, 2.24) is 30.7 Å². The third-order valence-electron chi connectivity index (χ3n) is 18.0. The number of methoxy groups -OCH3 is 2. The lowest BCUT2D eigenvalue weighted by Crippen LogP contribution is -2.54. The molecule has 11 N–H and O–H groups in total. The summed E-state index contributed by atoms with van der Waals surface area (Å²) in [6.07, 6.45) is -0.0937. The van der Waals surface area contributed by atoms with Gasteiger partial charge in [-0.3, -0.25) is 38.6 Å². The van der Waals surface area contributed by atoms with E-state index in [-0.39, 0.29) is 147 Å². The first kappa shape index (κ1) is 75.2. The van der Waals surface area contributed by atoms with E-state index >= 15 is 0 Å². The first-order valence-electron chi connectivity index (χ1n) is 33.4. The van der Waals surface area contributed by atoms with Gasteiger partial charge < -0.3 is 85.7 Å². The average molecular weight is 1400 g/mol. The summed E-state index contributed by atoms with van der Waals surface area (Å²) in [7, 11) is 1.14. The Labute approximate surface area is 584 Å². The fourth-order valence-electron chi connectivity index (χ4n) is 12.6. The van der Waals surface area contributed by atoms with Crippen LogP contribution in [-0.4, -0.2) is 191 Å². The second kappa shape index (κ2) is 34.3. The predicted octanol–water partition coefficient (Wildman–Crippen LogP) is 3.85. The van der Waals surface area contributed by atoms with Crippen LogP contribution in [0.1, 0.15) is 118 Å². The summed E-state index contributed by atoms with van der Waals surface area (Å²) in [6.45, 7) is 12.0. The highest BCUT2D eigenvalue weighted by Crippen LogP contribution is 2.47. The number of hydrogen-bond donors (Lipinski definition) is 10. The molecule has 5 aliphatic heterocycles. The molecule has 0 saturated carbocycles. The highest BCUT2D eigenvalue weighted by molar-refractivity contribution is 6.58. The maximum Gasteiger partial charge on any atom is 0.488 e. The molecule has 0 spiro atoms. The molecule has 30 nitrogen and oxygen atoms in total. The van der Waals surface area contributed by atoms with E-state index in [1.54, 1.807) is 61.2 Å². The van der Waals surface area contributed by atoms with Gasteiger partial charge in [0.25, 0.3) is 17.7 Å². The number of imide groups is 1. The van der Waals surface area contributed by atoms with E-state index in [0.717, 1.165) is 20.3 Å². The minimum absolute atomic E-state index is 0.00998. The van der Waals surface area contributed by atoms with Crippen LogP contribution in [0.3, 0.4) is 0 Å². The van der Waals surface area contributed by atoms with Gasteiger partial charge >= 0.3 is 25.3 Å². The van der Waals surface area contributed by atoms with Crippen molar-refractivity contribution in [2.75, 3.05) is 68.7 Å². The highest BCUT2D eigenvalue weighted by atomic mass is 16.6. The summed E-state index contributed by atoms with van der Waals surface area (Å²) in [4.78, 5) is 125. The second-order valence-corrected chi connectivity index (χ2v) is 25.6. The van der Waals surface area contributed by atoms with E-state index in [0.29, 0.717) is 60.9 Å². The molecule has 540 valence electrons.